The Labute approximate surface area is 125 Å². The zero-order chi connectivity index (χ0) is 15.9. The Morgan fingerprint density at radius 2 is 1.77 bits per heavy atom. The van der Waals surface area contributed by atoms with Crippen molar-refractivity contribution >= 4 is 11.8 Å². The van der Waals surface area contributed by atoms with Crippen LogP contribution in [0.25, 0.3) is 0 Å². The van der Waals surface area contributed by atoms with Crippen LogP contribution in [-0.2, 0) is 22.3 Å². The number of amides is 2. The van der Waals surface area contributed by atoms with E-state index in [0.29, 0.717) is 12.1 Å². The van der Waals surface area contributed by atoms with Gasteiger partial charge in [-0.25, -0.2) is 0 Å². The standard InChI is InChI=1S/C14H16F3N3O2/c15-14(16,17)11-8-10(9-2-3-9)20(18-11)7-1-6-19-12(21)4-5-13(19)22/h8-9H,1-7H2. The van der Waals surface area contributed by atoms with Crippen LogP contribution in [0.4, 0.5) is 13.2 Å². The topological polar surface area (TPSA) is 55.2 Å². The summed E-state index contributed by atoms with van der Waals surface area (Å²) < 4.78 is 39.7. The molecule has 2 heterocycles. The van der Waals surface area contributed by atoms with Gasteiger partial charge in [-0.05, 0) is 25.3 Å². The molecule has 5 nitrogen and oxygen atoms in total. The lowest BCUT2D eigenvalue weighted by molar-refractivity contribution is -0.141. The number of imide groups is 1. The van der Waals surface area contributed by atoms with Crippen molar-refractivity contribution in [3.63, 3.8) is 0 Å². The van der Waals surface area contributed by atoms with E-state index >= 15 is 0 Å². The Kier molecular flexibility index (Phi) is 3.70. The molecule has 0 spiro atoms. The molecule has 8 heteroatoms. The number of hydrogen-bond acceptors (Lipinski definition) is 3. The predicted octanol–water partition coefficient (Wildman–Crippen LogP) is 2.32. The van der Waals surface area contributed by atoms with E-state index in [2.05, 4.69) is 5.10 Å². The fourth-order valence-corrected chi connectivity index (χ4v) is 2.71. The smallest absolute Gasteiger partial charge is 0.283 e. The molecular weight excluding hydrogens is 299 g/mol. The maximum absolute atomic E-state index is 12.8. The number of halogens is 3. The molecular formula is C14H16F3N3O2. The van der Waals surface area contributed by atoms with Gasteiger partial charge in [0.1, 0.15) is 0 Å². The van der Waals surface area contributed by atoms with Crippen LogP contribution in [0, 0.1) is 0 Å². The zero-order valence-electron chi connectivity index (χ0n) is 11.9. The minimum Gasteiger partial charge on any atom is -0.283 e. The number of carbonyl (C=O) groups excluding carboxylic acids is 2. The highest BCUT2D eigenvalue weighted by atomic mass is 19.4. The van der Waals surface area contributed by atoms with Gasteiger partial charge in [0.2, 0.25) is 11.8 Å². The van der Waals surface area contributed by atoms with Crippen molar-refractivity contribution in [1.29, 1.82) is 0 Å². The van der Waals surface area contributed by atoms with Crippen LogP contribution in [0.1, 0.15) is 49.4 Å². The molecule has 0 radical (unpaired) electrons. The molecule has 0 N–H and O–H groups in total. The molecule has 3 rings (SSSR count). The summed E-state index contributed by atoms with van der Waals surface area (Å²) in [5, 5.41) is 3.65. The summed E-state index contributed by atoms with van der Waals surface area (Å²) in [4.78, 5) is 24.1. The highest BCUT2D eigenvalue weighted by molar-refractivity contribution is 6.01. The Hall–Kier alpha value is -1.86. The Morgan fingerprint density at radius 1 is 1.14 bits per heavy atom. The highest BCUT2D eigenvalue weighted by Crippen LogP contribution is 2.42. The third kappa shape index (κ3) is 3.00. The van der Waals surface area contributed by atoms with Gasteiger partial charge in [0, 0.05) is 37.5 Å². The van der Waals surface area contributed by atoms with E-state index in [1.165, 1.54) is 9.58 Å². The molecule has 0 atom stereocenters. The Bertz CT molecular complexity index is 589. The first-order chi connectivity index (χ1) is 10.4. The Balaban J connectivity index is 1.65. The van der Waals surface area contributed by atoms with E-state index in [-0.39, 0.29) is 43.7 Å². The molecule has 1 aromatic rings. The Morgan fingerprint density at radius 3 is 2.32 bits per heavy atom. The monoisotopic (exact) mass is 315 g/mol. The largest absolute Gasteiger partial charge is 0.435 e. The number of alkyl halides is 3. The number of likely N-dealkylation sites (tertiary alicyclic amines) is 1. The van der Waals surface area contributed by atoms with Crippen LogP contribution < -0.4 is 0 Å². The molecule has 1 saturated carbocycles. The molecule has 120 valence electrons. The highest BCUT2D eigenvalue weighted by Gasteiger charge is 2.37. The van der Waals surface area contributed by atoms with E-state index in [0.717, 1.165) is 18.9 Å². The maximum atomic E-state index is 12.8. The maximum Gasteiger partial charge on any atom is 0.435 e. The van der Waals surface area contributed by atoms with Crippen LogP contribution in [0.5, 0.6) is 0 Å². The van der Waals surface area contributed by atoms with Gasteiger partial charge in [0.25, 0.3) is 0 Å². The van der Waals surface area contributed by atoms with Gasteiger partial charge < -0.3 is 0 Å². The van der Waals surface area contributed by atoms with E-state index in [1.54, 1.807) is 0 Å². The normalized spacial score (nSPS) is 19.3. The van der Waals surface area contributed by atoms with Gasteiger partial charge in [0.05, 0.1) is 0 Å². The lowest BCUT2D eigenvalue weighted by Crippen LogP contribution is -2.30. The second-order valence-electron chi connectivity index (χ2n) is 5.74. The van der Waals surface area contributed by atoms with E-state index in [1.807, 2.05) is 0 Å². The predicted molar refractivity (Wildman–Crippen MR) is 69.8 cm³/mol. The first-order valence-electron chi connectivity index (χ1n) is 7.34. The van der Waals surface area contributed by atoms with Crippen LogP contribution in [0.2, 0.25) is 0 Å². The number of rotatable bonds is 5. The van der Waals surface area contributed by atoms with Crippen molar-refractivity contribution in [1.82, 2.24) is 14.7 Å². The lowest BCUT2D eigenvalue weighted by atomic mass is 10.2. The second kappa shape index (κ2) is 5.40. The summed E-state index contributed by atoms with van der Waals surface area (Å²) in [5.41, 5.74) is -0.269. The summed E-state index contributed by atoms with van der Waals surface area (Å²) in [5.74, 6) is -0.258. The summed E-state index contributed by atoms with van der Waals surface area (Å²) >= 11 is 0. The summed E-state index contributed by atoms with van der Waals surface area (Å²) in [6.45, 7) is 0.516. The number of aryl methyl sites for hydroxylation is 1. The van der Waals surface area contributed by atoms with Crippen molar-refractivity contribution in [2.45, 2.75) is 50.7 Å². The van der Waals surface area contributed by atoms with Gasteiger partial charge in [0.15, 0.2) is 5.69 Å². The molecule has 1 aliphatic heterocycles. The van der Waals surface area contributed by atoms with Crippen molar-refractivity contribution < 1.29 is 22.8 Å². The molecule has 0 bridgehead atoms. The van der Waals surface area contributed by atoms with Crippen molar-refractivity contribution in [2.75, 3.05) is 6.54 Å². The summed E-state index contributed by atoms with van der Waals surface area (Å²) in [6.07, 6.45) is -1.82. The summed E-state index contributed by atoms with van der Waals surface area (Å²) in [6, 6.07) is 1.11. The van der Waals surface area contributed by atoms with E-state index in [9.17, 15) is 22.8 Å². The van der Waals surface area contributed by atoms with Crippen LogP contribution in [0.3, 0.4) is 0 Å². The average molecular weight is 315 g/mol. The second-order valence-corrected chi connectivity index (χ2v) is 5.74. The van der Waals surface area contributed by atoms with Crippen molar-refractivity contribution in [3.05, 3.63) is 17.5 Å². The number of aromatic nitrogens is 2. The lowest BCUT2D eigenvalue weighted by Gasteiger charge is -2.14. The minimum atomic E-state index is -4.45. The molecule has 2 fully saturated rings. The average Bonchev–Trinajstić information content (AvgIpc) is 3.11. The molecule has 1 aromatic heterocycles. The van der Waals surface area contributed by atoms with Gasteiger partial charge in [-0.2, -0.15) is 18.3 Å². The molecule has 1 aliphatic carbocycles. The van der Waals surface area contributed by atoms with Crippen LogP contribution in [0.15, 0.2) is 6.07 Å². The van der Waals surface area contributed by atoms with Crippen molar-refractivity contribution in [2.24, 2.45) is 0 Å². The molecule has 0 unspecified atom stereocenters. The van der Waals surface area contributed by atoms with Crippen LogP contribution >= 0.6 is 0 Å². The molecule has 1 saturated heterocycles. The first kappa shape index (κ1) is 15.1. The number of hydrogen-bond donors (Lipinski definition) is 0. The van der Waals surface area contributed by atoms with Gasteiger partial charge in [-0.1, -0.05) is 0 Å². The quantitative estimate of drug-likeness (QED) is 0.784. The number of nitrogens with zero attached hydrogens (tertiary/aromatic N) is 3. The fourth-order valence-electron chi connectivity index (χ4n) is 2.71. The third-order valence-corrected chi connectivity index (χ3v) is 4.00. The van der Waals surface area contributed by atoms with Crippen molar-refractivity contribution in [3.8, 4) is 0 Å². The molecule has 2 amide bonds. The van der Waals surface area contributed by atoms with Crippen LogP contribution in [-0.4, -0.2) is 33.0 Å². The number of carbonyl (C=O) groups is 2. The third-order valence-electron chi connectivity index (χ3n) is 4.00. The van der Waals surface area contributed by atoms with E-state index < -0.39 is 11.9 Å². The fraction of sp³-hybridized carbons (Fsp3) is 0.643. The molecule has 0 aromatic carbocycles. The van der Waals surface area contributed by atoms with Gasteiger partial charge in [-0.3, -0.25) is 19.2 Å². The summed E-state index contributed by atoms with van der Waals surface area (Å²) in [7, 11) is 0. The molecule has 2 aliphatic rings. The van der Waals surface area contributed by atoms with Gasteiger partial charge in [-0.15, -0.1) is 0 Å². The molecule has 22 heavy (non-hydrogen) atoms. The van der Waals surface area contributed by atoms with E-state index in [4.69, 9.17) is 0 Å². The SMILES string of the molecule is O=C1CCC(=O)N1CCCn1nc(C(F)(F)F)cc1C1CC1. The van der Waals surface area contributed by atoms with Gasteiger partial charge >= 0.3 is 6.18 Å². The first-order valence-corrected chi connectivity index (χ1v) is 7.34. The minimum absolute atomic E-state index is 0.152. The zero-order valence-corrected chi connectivity index (χ0v) is 11.9.